The molecule has 2 N–H and O–H groups in total. The third kappa shape index (κ3) is 10.6. The van der Waals surface area contributed by atoms with Crippen molar-refractivity contribution in [2.45, 2.75) is 30.3 Å². The smallest absolute Gasteiger partial charge is 0.261 e. The second kappa shape index (κ2) is 17.9. The highest BCUT2D eigenvalue weighted by atomic mass is 32.2. The number of benzene rings is 5. The van der Waals surface area contributed by atoms with Crippen LogP contribution in [0.3, 0.4) is 0 Å². The Morgan fingerprint density at radius 3 is 1.88 bits per heavy atom. The van der Waals surface area contributed by atoms with Crippen LogP contribution in [0.25, 0.3) is 0 Å². The molecule has 0 heterocycles. The number of methoxy groups -OCH3 is 2. The molecule has 0 aliphatic rings. The lowest BCUT2D eigenvalue weighted by Crippen LogP contribution is -2.52. The summed E-state index contributed by atoms with van der Waals surface area (Å²) in [5.41, 5.74) is 2.88. The summed E-state index contributed by atoms with van der Waals surface area (Å²) in [5.74, 6) is 0.394. The van der Waals surface area contributed by atoms with E-state index in [2.05, 4.69) is 10.0 Å². The molecule has 0 bridgehead atoms. The highest BCUT2D eigenvalue weighted by Gasteiger charge is 2.31. The molecule has 0 fully saturated rings. The fourth-order valence-corrected chi connectivity index (χ4v) is 6.46. The van der Waals surface area contributed by atoms with Crippen LogP contribution in [-0.4, -0.2) is 58.5 Å². The number of nitrogens with zero attached hydrogens (tertiary/aromatic N) is 1. The van der Waals surface area contributed by atoms with E-state index in [-0.39, 0.29) is 35.2 Å². The highest BCUT2D eigenvalue weighted by Crippen LogP contribution is 2.22. The quantitative estimate of drug-likeness (QED) is 0.120. The summed E-state index contributed by atoms with van der Waals surface area (Å²) in [5, 5.41) is 3.03. The van der Waals surface area contributed by atoms with Crippen LogP contribution >= 0.6 is 0 Å². The number of amides is 2. The Morgan fingerprint density at radius 1 is 0.712 bits per heavy atom. The van der Waals surface area contributed by atoms with Gasteiger partial charge in [-0.05, 0) is 95.9 Å². The summed E-state index contributed by atoms with van der Waals surface area (Å²) < 4.78 is 57.8. The maximum atomic E-state index is 14.0. The molecule has 0 radical (unpaired) electrons. The summed E-state index contributed by atoms with van der Waals surface area (Å²) in [7, 11) is -0.798. The summed E-state index contributed by atoms with van der Waals surface area (Å²) in [6.45, 7) is 0.0467. The third-order valence-corrected chi connectivity index (χ3v) is 9.65. The number of nitrogens with one attached hydrogen (secondary N) is 2. The van der Waals surface area contributed by atoms with E-state index in [1.165, 1.54) is 41.3 Å². The number of carbonyl (C=O) groups is 2. The van der Waals surface area contributed by atoms with E-state index in [1.54, 1.807) is 26.4 Å². The lowest BCUT2D eigenvalue weighted by atomic mass is 10.0. The standard InChI is InChI=1S/C40H40FN3O7S/c1-49-34-16-8-29(9-17-34)24-25-42-40(46)38(26-30-6-4-3-5-7-30)44(27-31-10-18-35(50-2)19-11-31)39(45)28-51-36-20-22-37(23-21-36)52(47,48)43-33-14-12-32(41)13-15-33/h3-23,38,43H,24-28H2,1-2H3,(H,42,46)/t38-/m1/s1. The van der Waals surface area contributed by atoms with Gasteiger partial charge in [0.2, 0.25) is 5.91 Å². The first-order valence-corrected chi connectivity index (χ1v) is 18.0. The van der Waals surface area contributed by atoms with Crippen molar-refractivity contribution in [1.82, 2.24) is 10.2 Å². The van der Waals surface area contributed by atoms with Crippen LogP contribution in [0.2, 0.25) is 0 Å². The molecule has 270 valence electrons. The van der Waals surface area contributed by atoms with Gasteiger partial charge in [0.05, 0.1) is 19.1 Å². The molecule has 0 aromatic heterocycles. The molecule has 0 aliphatic carbocycles. The molecule has 0 aliphatic heterocycles. The van der Waals surface area contributed by atoms with Gasteiger partial charge in [0.15, 0.2) is 6.61 Å². The van der Waals surface area contributed by atoms with Gasteiger partial charge >= 0.3 is 0 Å². The average Bonchev–Trinajstić information content (AvgIpc) is 3.17. The Labute approximate surface area is 303 Å². The molecule has 0 unspecified atom stereocenters. The van der Waals surface area contributed by atoms with Crippen molar-refractivity contribution in [1.29, 1.82) is 0 Å². The van der Waals surface area contributed by atoms with Crippen LogP contribution in [0.1, 0.15) is 16.7 Å². The topological polar surface area (TPSA) is 123 Å². The Hall–Kier alpha value is -5.88. The van der Waals surface area contributed by atoms with E-state index in [1.807, 2.05) is 66.7 Å². The zero-order valence-electron chi connectivity index (χ0n) is 28.8. The molecule has 5 aromatic carbocycles. The Balaban J connectivity index is 1.33. The van der Waals surface area contributed by atoms with E-state index in [0.717, 1.165) is 34.6 Å². The number of ether oxygens (including phenoxy) is 3. The fourth-order valence-electron chi connectivity index (χ4n) is 5.40. The van der Waals surface area contributed by atoms with Crippen molar-refractivity contribution in [3.63, 3.8) is 0 Å². The summed E-state index contributed by atoms with van der Waals surface area (Å²) in [6, 6.07) is 33.9. The van der Waals surface area contributed by atoms with Gasteiger partial charge in [0.25, 0.3) is 15.9 Å². The lowest BCUT2D eigenvalue weighted by molar-refractivity contribution is -0.142. The first kappa shape index (κ1) is 37.4. The van der Waals surface area contributed by atoms with Crippen molar-refractivity contribution in [3.05, 3.63) is 150 Å². The number of rotatable bonds is 17. The number of anilines is 1. The maximum absolute atomic E-state index is 14.0. The van der Waals surface area contributed by atoms with Crippen molar-refractivity contribution >= 4 is 27.5 Å². The molecule has 0 saturated carbocycles. The van der Waals surface area contributed by atoms with Crippen LogP contribution in [0.15, 0.2) is 132 Å². The molecule has 12 heteroatoms. The van der Waals surface area contributed by atoms with Crippen LogP contribution in [-0.2, 0) is 39.0 Å². The zero-order chi connectivity index (χ0) is 36.9. The first-order chi connectivity index (χ1) is 25.1. The largest absolute Gasteiger partial charge is 0.497 e. The van der Waals surface area contributed by atoms with Gasteiger partial charge in [0.1, 0.15) is 29.1 Å². The number of hydrogen-bond donors (Lipinski definition) is 2. The van der Waals surface area contributed by atoms with Crippen LogP contribution in [0.5, 0.6) is 17.2 Å². The molecule has 0 spiro atoms. The SMILES string of the molecule is COc1ccc(CCNC(=O)[C@@H](Cc2ccccc2)N(Cc2ccc(OC)cc2)C(=O)COc2ccc(S(=O)(=O)Nc3ccc(F)cc3)cc2)cc1. The third-order valence-electron chi connectivity index (χ3n) is 8.25. The number of sulfonamides is 1. The van der Waals surface area contributed by atoms with Gasteiger partial charge in [-0.25, -0.2) is 12.8 Å². The molecular weight excluding hydrogens is 686 g/mol. The predicted octanol–water partition coefficient (Wildman–Crippen LogP) is 6.02. The number of carbonyl (C=O) groups excluding carboxylic acids is 2. The van der Waals surface area contributed by atoms with Crippen molar-refractivity contribution in [2.24, 2.45) is 0 Å². The van der Waals surface area contributed by atoms with Gasteiger partial charge in [0, 0.05) is 25.2 Å². The monoisotopic (exact) mass is 725 g/mol. The van der Waals surface area contributed by atoms with Crippen molar-refractivity contribution in [3.8, 4) is 17.2 Å². The molecule has 10 nitrogen and oxygen atoms in total. The highest BCUT2D eigenvalue weighted by molar-refractivity contribution is 7.92. The maximum Gasteiger partial charge on any atom is 0.261 e. The number of hydrogen-bond acceptors (Lipinski definition) is 7. The molecule has 2 amide bonds. The van der Waals surface area contributed by atoms with Gasteiger partial charge < -0.3 is 24.4 Å². The van der Waals surface area contributed by atoms with E-state index in [0.29, 0.717) is 18.7 Å². The molecule has 5 rings (SSSR count). The fraction of sp³-hybridized carbons (Fsp3) is 0.200. The van der Waals surface area contributed by atoms with E-state index < -0.39 is 34.4 Å². The zero-order valence-corrected chi connectivity index (χ0v) is 29.6. The van der Waals surface area contributed by atoms with Crippen LogP contribution < -0.4 is 24.2 Å². The minimum absolute atomic E-state index is 0.0501. The lowest BCUT2D eigenvalue weighted by Gasteiger charge is -2.31. The molecule has 0 saturated heterocycles. The van der Waals surface area contributed by atoms with Gasteiger partial charge in [-0.3, -0.25) is 14.3 Å². The molecule has 5 aromatic rings. The van der Waals surface area contributed by atoms with Crippen LogP contribution in [0.4, 0.5) is 10.1 Å². The summed E-state index contributed by atoms with van der Waals surface area (Å²) in [4.78, 5) is 29.5. The molecular formula is C40H40FN3O7S. The molecule has 52 heavy (non-hydrogen) atoms. The van der Waals surface area contributed by atoms with Gasteiger partial charge in [-0.1, -0.05) is 54.6 Å². The van der Waals surface area contributed by atoms with E-state index in [4.69, 9.17) is 14.2 Å². The summed E-state index contributed by atoms with van der Waals surface area (Å²) in [6.07, 6.45) is 0.833. The van der Waals surface area contributed by atoms with Gasteiger partial charge in [-0.2, -0.15) is 0 Å². The second-order valence-corrected chi connectivity index (χ2v) is 13.5. The van der Waals surface area contributed by atoms with Crippen molar-refractivity contribution in [2.75, 3.05) is 32.1 Å². The molecule has 1 atom stereocenters. The van der Waals surface area contributed by atoms with Crippen molar-refractivity contribution < 1.29 is 36.6 Å². The van der Waals surface area contributed by atoms with E-state index >= 15 is 0 Å². The minimum Gasteiger partial charge on any atom is -0.497 e. The van der Waals surface area contributed by atoms with E-state index in [9.17, 15) is 22.4 Å². The average molecular weight is 726 g/mol. The Morgan fingerprint density at radius 2 is 1.29 bits per heavy atom. The van der Waals surface area contributed by atoms with Crippen LogP contribution in [0, 0.1) is 5.82 Å². The Kier molecular flexibility index (Phi) is 12.8. The predicted molar refractivity (Wildman–Crippen MR) is 196 cm³/mol. The first-order valence-electron chi connectivity index (χ1n) is 16.5. The second-order valence-electron chi connectivity index (χ2n) is 11.8. The summed E-state index contributed by atoms with van der Waals surface area (Å²) >= 11 is 0. The minimum atomic E-state index is -3.97. The van der Waals surface area contributed by atoms with Gasteiger partial charge in [-0.15, -0.1) is 0 Å². The number of halogens is 1. The Bertz CT molecular complexity index is 2010. The normalized spacial score (nSPS) is 11.6.